The van der Waals surface area contributed by atoms with Crippen molar-refractivity contribution in [3.05, 3.63) is 29.3 Å². The van der Waals surface area contributed by atoms with Crippen LogP contribution in [-0.4, -0.2) is 23.0 Å². The van der Waals surface area contributed by atoms with E-state index in [9.17, 15) is 14.6 Å². The Balaban J connectivity index is 1.74. The van der Waals surface area contributed by atoms with Crippen molar-refractivity contribution in [3.8, 4) is 5.75 Å². The van der Waals surface area contributed by atoms with E-state index in [2.05, 4.69) is 13.0 Å². The molecule has 132 valence electrons. The summed E-state index contributed by atoms with van der Waals surface area (Å²) in [5.41, 5.74) is 2.68. The SMILES string of the molecule is C[C@]12C[C@H](CCCF)[C@@H]3c4ccc(O)cc4CC[C@H]3[C@@H]1CC[C@@H]2O. The van der Waals surface area contributed by atoms with E-state index in [0.29, 0.717) is 35.8 Å². The molecular weight excluding hydrogens is 303 g/mol. The summed E-state index contributed by atoms with van der Waals surface area (Å²) >= 11 is 0. The molecule has 0 bridgehead atoms. The first-order valence-corrected chi connectivity index (χ1v) is 9.60. The fourth-order valence-electron chi connectivity index (χ4n) is 6.47. The summed E-state index contributed by atoms with van der Waals surface area (Å²) in [7, 11) is 0. The molecule has 0 aromatic heterocycles. The second kappa shape index (κ2) is 6.01. The lowest BCUT2D eigenvalue weighted by Gasteiger charge is -2.54. The number of fused-ring (bicyclic) bond motifs is 5. The van der Waals surface area contributed by atoms with E-state index in [1.54, 1.807) is 0 Å². The van der Waals surface area contributed by atoms with Crippen LogP contribution >= 0.6 is 0 Å². The van der Waals surface area contributed by atoms with Crippen molar-refractivity contribution in [2.75, 3.05) is 6.67 Å². The lowest BCUT2D eigenvalue weighted by Crippen LogP contribution is -2.48. The Hall–Kier alpha value is -1.09. The molecule has 0 aliphatic heterocycles. The molecule has 0 spiro atoms. The fourth-order valence-corrected chi connectivity index (χ4v) is 6.47. The third kappa shape index (κ3) is 2.39. The van der Waals surface area contributed by atoms with E-state index in [1.165, 1.54) is 11.1 Å². The predicted molar refractivity (Wildman–Crippen MR) is 92.8 cm³/mol. The quantitative estimate of drug-likeness (QED) is 0.850. The van der Waals surface area contributed by atoms with E-state index in [1.807, 2.05) is 12.1 Å². The number of phenolic OH excluding ortho intramolecular Hbond substituents is 1. The molecule has 2 fully saturated rings. The first-order valence-electron chi connectivity index (χ1n) is 9.60. The maximum absolute atomic E-state index is 12.9. The number of alkyl halides is 1. The minimum absolute atomic E-state index is 0.0105. The van der Waals surface area contributed by atoms with Crippen molar-refractivity contribution in [2.24, 2.45) is 23.2 Å². The number of aromatic hydroxyl groups is 1. The van der Waals surface area contributed by atoms with Gasteiger partial charge in [0.1, 0.15) is 5.75 Å². The number of aliphatic hydroxyl groups excluding tert-OH is 1. The van der Waals surface area contributed by atoms with Crippen LogP contribution in [0.5, 0.6) is 5.75 Å². The molecule has 0 heterocycles. The maximum atomic E-state index is 12.9. The van der Waals surface area contributed by atoms with Crippen LogP contribution in [0.1, 0.15) is 62.5 Å². The van der Waals surface area contributed by atoms with E-state index < -0.39 is 0 Å². The van der Waals surface area contributed by atoms with Gasteiger partial charge in [0, 0.05) is 0 Å². The van der Waals surface area contributed by atoms with Crippen molar-refractivity contribution in [1.82, 2.24) is 0 Å². The number of rotatable bonds is 3. The number of aryl methyl sites for hydroxylation is 1. The summed E-state index contributed by atoms with van der Waals surface area (Å²) in [5.74, 6) is 2.46. The second-order valence-corrected chi connectivity index (χ2v) is 8.61. The lowest BCUT2D eigenvalue weighted by molar-refractivity contribution is -0.0502. The molecule has 3 heteroatoms. The van der Waals surface area contributed by atoms with Crippen LogP contribution in [0.2, 0.25) is 0 Å². The van der Waals surface area contributed by atoms with Gasteiger partial charge < -0.3 is 10.2 Å². The monoisotopic (exact) mass is 332 g/mol. The molecule has 3 aliphatic rings. The Kier molecular flexibility index (Phi) is 4.11. The van der Waals surface area contributed by atoms with Crippen LogP contribution in [0.15, 0.2) is 18.2 Å². The van der Waals surface area contributed by atoms with Gasteiger partial charge >= 0.3 is 0 Å². The smallest absolute Gasteiger partial charge is 0.115 e. The standard InChI is InChI=1S/C21H29FO2/c1-21-12-14(3-2-10-22)20-16-7-5-15(23)11-13(16)4-6-17(20)18(21)8-9-19(21)24/h5,7,11,14,17-20,23-24H,2-4,6,8-10,12H2,1H3/t14-,17-,18-,19-,20+,21-/m0/s1. The largest absolute Gasteiger partial charge is 0.508 e. The van der Waals surface area contributed by atoms with Gasteiger partial charge in [-0.25, -0.2) is 0 Å². The number of halogens is 1. The summed E-state index contributed by atoms with van der Waals surface area (Å²) < 4.78 is 12.9. The minimum atomic E-state index is -0.251. The Morgan fingerprint density at radius 2 is 2.08 bits per heavy atom. The normalized spacial score (nSPS) is 40.7. The second-order valence-electron chi connectivity index (χ2n) is 8.61. The van der Waals surface area contributed by atoms with Crippen LogP contribution in [-0.2, 0) is 6.42 Å². The van der Waals surface area contributed by atoms with Gasteiger partial charge in [0.15, 0.2) is 0 Å². The van der Waals surface area contributed by atoms with Gasteiger partial charge in [-0.05, 0) is 97.3 Å². The van der Waals surface area contributed by atoms with Gasteiger partial charge in [-0.3, -0.25) is 4.39 Å². The highest BCUT2D eigenvalue weighted by atomic mass is 19.1. The summed E-state index contributed by atoms with van der Waals surface area (Å²) in [6.45, 7) is 2.03. The number of hydrogen-bond donors (Lipinski definition) is 2. The average molecular weight is 332 g/mol. The topological polar surface area (TPSA) is 40.5 Å². The van der Waals surface area contributed by atoms with Gasteiger partial charge in [0.25, 0.3) is 0 Å². The molecule has 0 amide bonds. The van der Waals surface area contributed by atoms with E-state index in [-0.39, 0.29) is 18.2 Å². The number of hydrogen-bond acceptors (Lipinski definition) is 2. The zero-order chi connectivity index (χ0) is 16.9. The molecule has 6 atom stereocenters. The van der Waals surface area contributed by atoms with Crippen molar-refractivity contribution >= 4 is 0 Å². The molecule has 2 nitrogen and oxygen atoms in total. The van der Waals surface area contributed by atoms with Crippen LogP contribution in [0.25, 0.3) is 0 Å². The summed E-state index contributed by atoms with van der Waals surface area (Å²) in [6.07, 6.45) is 6.55. The molecule has 1 aromatic carbocycles. The number of benzene rings is 1. The molecule has 2 N–H and O–H groups in total. The molecule has 0 radical (unpaired) electrons. The minimum Gasteiger partial charge on any atom is -0.508 e. The Morgan fingerprint density at radius 3 is 2.88 bits per heavy atom. The van der Waals surface area contributed by atoms with E-state index in [0.717, 1.165) is 38.5 Å². The molecule has 2 saturated carbocycles. The van der Waals surface area contributed by atoms with Crippen LogP contribution in [0.4, 0.5) is 4.39 Å². The number of aliphatic hydroxyl groups is 1. The lowest BCUT2D eigenvalue weighted by atomic mass is 9.51. The Labute approximate surface area is 144 Å². The molecule has 0 unspecified atom stereocenters. The molecule has 1 aromatic rings. The maximum Gasteiger partial charge on any atom is 0.115 e. The van der Waals surface area contributed by atoms with Crippen molar-refractivity contribution in [3.63, 3.8) is 0 Å². The van der Waals surface area contributed by atoms with Gasteiger partial charge in [0.05, 0.1) is 12.8 Å². The van der Waals surface area contributed by atoms with Crippen LogP contribution < -0.4 is 0 Å². The zero-order valence-electron chi connectivity index (χ0n) is 14.5. The Bertz CT molecular complexity index is 616. The highest BCUT2D eigenvalue weighted by molar-refractivity contribution is 5.40. The summed E-state index contributed by atoms with van der Waals surface area (Å²) in [6, 6.07) is 5.85. The van der Waals surface area contributed by atoms with Gasteiger partial charge in [-0.1, -0.05) is 13.0 Å². The van der Waals surface area contributed by atoms with Crippen molar-refractivity contribution in [1.29, 1.82) is 0 Å². The number of phenols is 1. The first-order chi connectivity index (χ1) is 11.5. The first kappa shape index (κ1) is 16.4. The third-order valence-electron chi connectivity index (χ3n) is 7.49. The fraction of sp³-hybridized carbons (Fsp3) is 0.714. The van der Waals surface area contributed by atoms with Crippen molar-refractivity contribution in [2.45, 2.75) is 63.9 Å². The molecule has 24 heavy (non-hydrogen) atoms. The highest BCUT2D eigenvalue weighted by Gasteiger charge is 2.57. The molecule has 4 rings (SSSR count). The van der Waals surface area contributed by atoms with Crippen LogP contribution in [0, 0.1) is 23.2 Å². The Morgan fingerprint density at radius 1 is 1.25 bits per heavy atom. The van der Waals surface area contributed by atoms with Gasteiger partial charge in [-0.15, -0.1) is 0 Å². The predicted octanol–water partition coefficient (Wildman–Crippen LogP) is 4.59. The average Bonchev–Trinajstić information content (AvgIpc) is 2.87. The molecular formula is C21H29FO2. The van der Waals surface area contributed by atoms with Crippen molar-refractivity contribution < 1.29 is 14.6 Å². The third-order valence-corrected chi connectivity index (χ3v) is 7.49. The van der Waals surface area contributed by atoms with Crippen LogP contribution in [0.3, 0.4) is 0 Å². The van der Waals surface area contributed by atoms with E-state index >= 15 is 0 Å². The van der Waals surface area contributed by atoms with Gasteiger partial charge in [-0.2, -0.15) is 0 Å². The van der Waals surface area contributed by atoms with Gasteiger partial charge in [0.2, 0.25) is 0 Å². The summed E-state index contributed by atoms with van der Waals surface area (Å²) in [4.78, 5) is 0. The zero-order valence-corrected chi connectivity index (χ0v) is 14.5. The summed E-state index contributed by atoms with van der Waals surface area (Å²) in [5, 5.41) is 20.5. The molecule has 0 saturated heterocycles. The van der Waals surface area contributed by atoms with E-state index in [4.69, 9.17) is 0 Å². The highest BCUT2D eigenvalue weighted by Crippen LogP contribution is 2.63. The molecule has 3 aliphatic carbocycles.